The molecule has 0 aliphatic rings. The van der Waals surface area contributed by atoms with E-state index < -0.39 is 5.91 Å². The summed E-state index contributed by atoms with van der Waals surface area (Å²) in [6.07, 6.45) is 0.610. The molecule has 5 nitrogen and oxygen atoms in total. The summed E-state index contributed by atoms with van der Waals surface area (Å²) >= 11 is 11.9. The number of carbonyl (C=O) groups excluding carboxylic acids is 2. The van der Waals surface area contributed by atoms with Gasteiger partial charge in [0.2, 0.25) is 5.91 Å². The van der Waals surface area contributed by atoms with Crippen LogP contribution in [0.15, 0.2) is 54.6 Å². The van der Waals surface area contributed by atoms with Gasteiger partial charge >= 0.3 is 0 Å². The van der Waals surface area contributed by atoms with Crippen LogP contribution in [0.25, 0.3) is 10.9 Å². The van der Waals surface area contributed by atoms with Crippen LogP contribution in [0.1, 0.15) is 22.5 Å². The van der Waals surface area contributed by atoms with Gasteiger partial charge in [-0.2, -0.15) is 0 Å². The van der Waals surface area contributed by atoms with Crippen molar-refractivity contribution in [3.63, 3.8) is 0 Å². The Morgan fingerprint density at radius 2 is 1.77 bits per heavy atom. The molecule has 0 aliphatic heterocycles. The third kappa shape index (κ3) is 4.50. The number of nitrogens with one attached hydrogen (secondary N) is 2. The van der Waals surface area contributed by atoms with Gasteiger partial charge in [-0.3, -0.25) is 20.4 Å². The number of aromatic nitrogens is 1. The smallest absolute Gasteiger partial charge is 0.273 e. The summed E-state index contributed by atoms with van der Waals surface area (Å²) in [6, 6.07) is 16.0. The molecule has 132 valence electrons. The van der Waals surface area contributed by atoms with Gasteiger partial charge in [-0.1, -0.05) is 53.5 Å². The summed E-state index contributed by atoms with van der Waals surface area (Å²) in [5, 5.41) is 1.99. The molecular weight excluding hydrogens is 373 g/mol. The molecule has 0 atom stereocenters. The van der Waals surface area contributed by atoms with Crippen LogP contribution in [0.5, 0.6) is 0 Å². The Balaban J connectivity index is 1.54. The Hall–Kier alpha value is -2.63. The minimum Gasteiger partial charge on any atom is -0.273 e. The second-order valence-electron chi connectivity index (χ2n) is 5.63. The minimum absolute atomic E-state index is 0.173. The molecule has 2 amide bonds. The van der Waals surface area contributed by atoms with Gasteiger partial charge in [-0.25, -0.2) is 4.98 Å². The van der Waals surface area contributed by atoms with E-state index in [1.165, 1.54) is 0 Å². The van der Waals surface area contributed by atoms with E-state index in [0.29, 0.717) is 22.0 Å². The van der Waals surface area contributed by atoms with Crippen molar-refractivity contribution < 1.29 is 9.59 Å². The normalized spacial score (nSPS) is 10.5. The lowest BCUT2D eigenvalue weighted by Crippen LogP contribution is -2.42. The zero-order valence-corrected chi connectivity index (χ0v) is 15.1. The summed E-state index contributed by atoms with van der Waals surface area (Å²) < 4.78 is 0. The highest BCUT2D eigenvalue weighted by molar-refractivity contribution is 6.35. The van der Waals surface area contributed by atoms with Crippen LogP contribution >= 0.6 is 23.2 Å². The van der Waals surface area contributed by atoms with Gasteiger partial charge in [0.1, 0.15) is 5.69 Å². The Labute approximate surface area is 160 Å². The monoisotopic (exact) mass is 387 g/mol. The standard InChI is InChI=1S/C19H15Cl2N3O2/c20-14-8-5-12(15(21)11-14)7-10-18(25)23-24-19(26)17-9-6-13-3-1-2-4-16(13)22-17/h1-6,8-9,11H,7,10H2,(H,23,25)(H,24,26). The lowest BCUT2D eigenvalue weighted by atomic mass is 10.1. The molecule has 3 rings (SSSR count). The molecule has 0 unspecified atom stereocenters. The average molecular weight is 388 g/mol. The fourth-order valence-electron chi connectivity index (χ4n) is 2.42. The molecule has 2 aromatic carbocycles. The lowest BCUT2D eigenvalue weighted by molar-refractivity contribution is -0.121. The first-order chi connectivity index (χ1) is 12.5. The largest absolute Gasteiger partial charge is 0.288 e. The number of halogens is 2. The van der Waals surface area contributed by atoms with Crippen LogP contribution in [0.3, 0.4) is 0 Å². The molecule has 0 saturated heterocycles. The molecule has 1 heterocycles. The van der Waals surface area contributed by atoms with Gasteiger partial charge in [0.15, 0.2) is 0 Å². The van der Waals surface area contributed by atoms with Crippen molar-refractivity contribution in [2.24, 2.45) is 0 Å². The van der Waals surface area contributed by atoms with Crippen molar-refractivity contribution in [1.29, 1.82) is 0 Å². The first-order valence-corrected chi connectivity index (χ1v) is 8.67. The average Bonchev–Trinajstić information content (AvgIpc) is 2.65. The van der Waals surface area contributed by atoms with Crippen molar-refractivity contribution in [2.45, 2.75) is 12.8 Å². The predicted molar refractivity (Wildman–Crippen MR) is 102 cm³/mol. The van der Waals surface area contributed by atoms with Gasteiger partial charge in [0.05, 0.1) is 5.52 Å². The maximum atomic E-state index is 12.1. The number of fused-ring (bicyclic) bond motifs is 1. The van der Waals surface area contributed by atoms with Crippen molar-refractivity contribution in [2.75, 3.05) is 0 Å². The van der Waals surface area contributed by atoms with Crippen LogP contribution < -0.4 is 10.9 Å². The van der Waals surface area contributed by atoms with E-state index in [-0.39, 0.29) is 18.0 Å². The Bertz CT molecular complexity index is 976. The number of amides is 2. The van der Waals surface area contributed by atoms with Crippen molar-refractivity contribution in [3.8, 4) is 0 Å². The third-order valence-corrected chi connectivity index (χ3v) is 4.37. The van der Waals surface area contributed by atoms with Crippen LogP contribution in [0.4, 0.5) is 0 Å². The number of nitrogens with zero attached hydrogens (tertiary/aromatic N) is 1. The van der Waals surface area contributed by atoms with E-state index in [4.69, 9.17) is 23.2 Å². The molecule has 0 spiro atoms. The SMILES string of the molecule is O=C(CCc1ccc(Cl)cc1Cl)NNC(=O)c1ccc2ccccc2n1. The predicted octanol–water partition coefficient (Wildman–Crippen LogP) is 3.94. The van der Waals surface area contributed by atoms with Crippen LogP contribution in [-0.4, -0.2) is 16.8 Å². The number of hydrogen-bond donors (Lipinski definition) is 2. The number of pyridine rings is 1. The van der Waals surface area contributed by atoms with E-state index in [2.05, 4.69) is 15.8 Å². The number of rotatable bonds is 4. The maximum absolute atomic E-state index is 12.1. The molecule has 0 aliphatic carbocycles. The van der Waals surface area contributed by atoms with E-state index >= 15 is 0 Å². The zero-order valence-electron chi connectivity index (χ0n) is 13.6. The molecule has 1 aromatic heterocycles. The quantitative estimate of drug-likeness (QED) is 0.666. The number of carbonyl (C=O) groups is 2. The molecule has 0 fully saturated rings. The fourth-order valence-corrected chi connectivity index (χ4v) is 2.92. The van der Waals surface area contributed by atoms with Crippen molar-refractivity contribution >= 4 is 45.9 Å². The zero-order chi connectivity index (χ0) is 18.5. The molecular formula is C19H15Cl2N3O2. The first kappa shape index (κ1) is 18.2. The van der Waals surface area contributed by atoms with Crippen LogP contribution in [0.2, 0.25) is 10.0 Å². The van der Waals surface area contributed by atoms with Gasteiger partial charge < -0.3 is 0 Å². The summed E-state index contributed by atoms with van der Waals surface area (Å²) in [6.45, 7) is 0. The molecule has 2 N–H and O–H groups in total. The fraction of sp³-hybridized carbons (Fsp3) is 0.105. The number of benzene rings is 2. The third-order valence-electron chi connectivity index (χ3n) is 3.78. The Kier molecular flexibility index (Phi) is 5.71. The van der Waals surface area contributed by atoms with E-state index in [1.807, 2.05) is 30.3 Å². The Morgan fingerprint density at radius 3 is 2.58 bits per heavy atom. The van der Waals surface area contributed by atoms with E-state index in [9.17, 15) is 9.59 Å². The second-order valence-corrected chi connectivity index (χ2v) is 6.47. The Morgan fingerprint density at radius 1 is 0.962 bits per heavy atom. The molecule has 0 saturated carbocycles. The number of hydrazine groups is 1. The lowest BCUT2D eigenvalue weighted by Gasteiger charge is -2.08. The first-order valence-electron chi connectivity index (χ1n) is 7.92. The molecule has 0 bridgehead atoms. The topological polar surface area (TPSA) is 71.1 Å². The maximum Gasteiger partial charge on any atom is 0.288 e. The van der Waals surface area contributed by atoms with E-state index in [0.717, 1.165) is 10.9 Å². The summed E-state index contributed by atoms with van der Waals surface area (Å²) in [4.78, 5) is 28.3. The number of hydrogen-bond acceptors (Lipinski definition) is 3. The van der Waals surface area contributed by atoms with Crippen LogP contribution in [-0.2, 0) is 11.2 Å². The van der Waals surface area contributed by atoms with E-state index in [1.54, 1.807) is 24.3 Å². The van der Waals surface area contributed by atoms with Crippen molar-refractivity contribution in [3.05, 3.63) is 75.9 Å². The highest BCUT2D eigenvalue weighted by atomic mass is 35.5. The van der Waals surface area contributed by atoms with Gasteiger partial charge in [0, 0.05) is 21.9 Å². The highest BCUT2D eigenvalue weighted by Gasteiger charge is 2.10. The molecule has 3 aromatic rings. The number of para-hydroxylation sites is 1. The summed E-state index contributed by atoms with van der Waals surface area (Å²) in [5.74, 6) is -0.807. The van der Waals surface area contributed by atoms with Crippen LogP contribution in [0, 0.1) is 0 Å². The van der Waals surface area contributed by atoms with Gasteiger partial charge in [-0.05, 0) is 36.2 Å². The minimum atomic E-state index is -0.478. The van der Waals surface area contributed by atoms with Gasteiger partial charge in [-0.15, -0.1) is 0 Å². The molecule has 7 heteroatoms. The number of aryl methyl sites for hydroxylation is 1. The summed E-state index contributed by atoms with van der Waals surface area (Å²) in [7, 11) is 0. The summed E-state index contributed by atoms with van der Waals surface area (Å²) in [5.41, 5.74) is 6.50. The highest BCUT2D eigenvalue weighted by Crippen LogP contribution is 2.22. The molecule has 26 heavy (non-hydrogen) atoms. The van der Waals surface area contributed by atoms with Crippen molar-refractivity contribution in [1.82, 2.24) is 15.8 Å². The molecule has 0 radical (unpaired) electrons. The van der Waals surface area contributed by atoms with Gasteiger partial charge in [0.25, 0.3) is 5.91 Å². The second kappa shape index (κ2) is 8.17.